The summed E-state index contributed by atoms with van der Waals surface area (Å²) in [4.78, 5) is 11.8. The summed E-state index contributed by atoms with van der Waals surface area (Å²) in [5, 5.41) is 6.33. The Balaban J connectivity index is 1.76. The average Bonchev–Trinajstić information content (AvgIpc) is 2.40. The van der Waals surface area contributed by atoms with Gasteiger partial charge in [0.2, 0.25) is 5.91 Å². The van der Waals surface area contributed by atoms with Gasteiger partial charge in [0.1, 0.15) is 5.82 Å². The number of amides is 1. The number of hydrogen-bond acceptors (Lipinski definition) is 2. The number of piperidine rings is 1. The van der Waals surface area contributed by atoms with E-state index in [4.69, 9.17) is 0 Å². The SMILES string of the molecule is CC1CCNCC1CNC(=O)Cc1ccc(F)cc1. The molecule has 19 heavy (non-hydrogen) atoms. The second kappa shape index (κ2) is 6.66. The molecule has 4 heteroatoms. The van der Waals surface area contributed by atoms with Crippen LogP contribution in [0.25, 0.3) is 0 Å². The summed E-state index contributed by atoms with van der Waals surface area (Å²) in [5.74, 6) is 0.883. The Bertz CT molecular complexity index is 419. The van der Waals surface area contributed by atoms with Gasteiger partial charge >= 0.3 is 0 Å². The summed E-state index contributed by atoms with van der Waals surface area (Å²) >= 11 is 0. The first kappa shape index (κ1) is 14.0. The van der Waals surface area contributed by atoms with Gasteiger partial charge in [-0.1, -0.05) is 19.1 Å². The van der Waals surface area contributed by atoms with E-state index in [0.29, 0.717) is 24.8 Å². The zero-order chi connectivity index (χ0) is 13.7. The molecule has 1 saturated heterocycles. The predicted octanol–water partition coefficient (Wildman–Crippen LogP) is 1.73. The summed E-state index contributed by atoms with van der Waals surface area (Å²) < 4.78 is 12.8. The molecule has 0 saturated carbocycles. The number of carbonyl (C=O) groups is 1. The van der Waals surface area contributed by atoms with E-state index in [-0.39, 0.29) is 11.7 Å². The van der Waals surface area contributed by atoms with Gasteiger partial charge < -0.3 is 10.6 Å². The zero-order valence-corrected chi connectivity index (χ0v) is 11.3. The molecule has 1 aromatic carbocycles. The van der Waals surface area contributed by atoms with Crippen molar-refractivity contribution in [1.29, 1.82) is 0 Å². The molecule has 0 radical (unpaired) electrons. The molecule has 3 nitrogen and oxygen atoms in total. The van der Waals surface area contributed by atoms with E-state index in [2.05, 4.69) is 17.6 Å². The van der Waals surface area contributed by atoms with Gasteiger partial charge in [-0.05, 0) is 49.0 Å². The standard InChI is InChI=1S/C15H21FN2O/c1-11-6-7-17-9-13(11)10-18-15(19)8-12-2-4-14(16)5-3-12/h2-5,11,13,17H,6-10H2,1H3,(H,18,19). The third kappa shape index (κ3) is 4.31. The Kier molecular flexibility index (Phi) is 4.91. The molecule has 0 aromatic heterocycles. The second-order valence-corrected chi connectivity index (χ2v) is 5.34. The lowest BCUT2D eigenvalue weighted by atomic mass is 9.88. The van der Waals surface area contributed by atoms with Crippen molar-refractivity contribution in [1.82, 2.24) is 10.6 Å². The molecule has 1 heterocycles. The molecule has 0 bridgehead atoms. The fourth-order valence-corrected chi connectivity index (χ4v) is 2.42. The van der Waals surface area contributed by atoms with Crippen molar-refractivity contribution < 1.29 is 9.18 Å². The highest BCUT2D eigenvalue weighted by Crippen LogP contribution is 2.17. The van der Waals surface area contributed by atoms with E-state index in [0.717, 1.165) is 18.7 Å². The van der Waals surface area contributed by atoms with E-state index >= 15 is 0 Å². The minimum atomic E-state index is -0.272. The van der Waals surface area contributed by atoms with Crippen LogP contribution in [0.2, 0.25) is 0 Å². The van der Waals surface area contributed by atoms with E-state index in [1.807, 2.05) is 0 Å². The quantitative estimate of drug-likeness (QED) is 0.869. The van der Waals surface area contributed by atoms with Crippen LogP contribution in [0, 0.1) is 17.7 Å². The minimum Gasteiger partial charge on any atom is -0.355 e. The molecule has 1 aliphatic rings. The Morgan fingerprint density at radius 3 is 2.84 bits per heavy atom. The Hall–Kier alpha value is -1.42. The number of carbonyl (C=O) groups excluding carboxylic acids is 1. The first-order valence-electron chi connectivity index (χ1n) is 6.87. The molecular formula is C15H21FN2O. The van der Waals surface area contributed by atoms with Gasteiger partial charge in [0, 0.05) is 6.54 Å². The normalized spacial score (nSPS) is 23.1. The van der Waals surface area contributed by atoms with Crippen molar-refractivity contribution in [2.24, 2.45) is 11.8 Å². The van der Waals surface area contributed by atoms with E-state index in [1.54, 1.807) is 12.1 Å². The first-order valence-corrected chi connectivity index (χ1v) is 6.87. The monoisotopic (exact) mass is 264 g/mol. The fraction of sp³-hybridized carbons (Fsp3) is 0.533. The van der Waals surface area contributed by atoms with Gasteiger partial charge in [0.25, 0.3) is 0 Å². The lowest BCUT2D eigenvalue weighted by molar-refractivity contribution is -0.120. The summed E-state index contributed by atoms with van der Waals surface area (Å²) in [6.07, 6.45) is 1.48. The van der Waals surface area contributed by atoms with Crippen LogP contribution in [0.5, 0.6) is 0 Å². The van der Waals surface area contributed by atoms with Crippen LogP contribution in [-0.2, 0) is 11.2 Å². The van der Waals surface area contributed by atoms with Crippen molar-refractivity contribution >= 4 is 5.91 Å². The maximum absolute atomic E-state index is 12.8. The molecule has 2 rings (SSSR count). The molecule has 2 atom stereocenters. The highest BCUT2D eigenvalue weighted by molar-refractivity contribution is 5.78. The smallest absolute Gasteiger partial charge is 0.224 e. The number of nitrogens with one attached hydrogen (secondary N) is 2. The Morgan fingerprint density at radius 2 is 2.16 bits per heavy atom. The zero-order valence-electron chi connectivity index (χ0n) is 11.3. The number of rotatable bonds is 4. The van der Waals surface area contributed by atoms with Crippen LogP contribution in [-0.4, -0.2) is 25.5 Å². The van der Waals surface area contributed by atoms with Crippen LogP contribution in [0.3, 0.4) is 0 Å². The number of hydrogen-bond donors (Lipinski definition) is 2. The van der Waals surface area contributed by atoms with Crippen molar-refractivity contribution in [2.75, 3.05) is 19.6 Å². The van der Waals surface area contributed by atoms with Crippen LogP contribution in [0.15, 0.2) is 24.3 Å². The third-order valence-electron chi connectivity index (χ3n) is 3.83. The van der Waals surface area contributed by atoms with Gasteiger partial charge in [0.15, 0.2) is 0 Å². The highest BCUT2D eigenvalue weighted by Gasteiger charge is 2.21. The highest BCUT2D eigenvalue weighted by atomic mass is 19.1. The number of benzene rings is 1. The van der Waals surface area contributed by atoms with E-state index < -0.39 is 0 Å². The maximum atomic E-state index is 12.8. The summed E-state index contributed by atoms with van der Waals surface area (Å²) in [5.41, 5.74) is 0.841. The Morgan fingerprint density at radius 1 is 1.42 bits per heavy atom. The summed E-state index contributed by atoms with van der Waals surface area (Å²) in [6, 6.07) is 6.07. The maximum Gasteiger partial charge on any atom is 0.224 e. The fourth-order valence-electron chi connectivity index (χ4n) is 2.42. The van der Waals surface area contributed by atoms with Crippen molar-refractivity contribution in [2.45, 2.75) is 19.8 Å². The van der Waals surface area contributed by atoms with Crippen molar-refractivity contribution in [3.05, 3.63) is 35.6 Å². The second-order valence-electron chi connectivity index (χ2n) is 5.34. The van der Waals surface area contributed by atoms with Gasteiger partial charge in [-0.2, -0.15) is 0 Å². The topological polar surface area (TPSA) is 41.1 Å². The van der Waals surface area contributed by atoms with Crippen LogP contribution in [0.1, 0.15) is 18.9 Å². The molecular weight excluding hydrogens is 243 g/mol. The van der Waals surface area contributed by atoms with Gasteiger partial charge in [-0.3, -0.25) is 4.79 Å². The predicted molar refractivity (Wildman–Crippen MR) is 73.3 cm³/mol. The molecule has 0 aliphatic carbocycles. The van der Waals surface area contributed by atoms with Gasteiger partial charge in [0.05, 0.1) is 6.42 Å². The third-order valence-corrected chi connectivity index (χ3v) is 3.83. The summed E-state index contributed by atoms with van der Waals surface area (Å²) in [6.45, 7) is 4.99. The van der Waals surface area contributed by atoms with Crippen molar-refractivity contribution in [3.63, 3.8) is 0 Å². The summed E-state index contributed by atoms with van der Waals surface area (Å²) in [7, 11) is 0. The minimum absolute atomic E-state index is 0.00406. The van der Waals surface area contributed by atoms with Crippen molar-refractivity contribution in [3.8, 4) is 0 Å². The largest absolute Gasteiger partial charge is 0.355 e. The molecule has 2 N–H and O–H groups in total. The lowest BCUT2D eigenvalue weighted by Gasteiger charge is -2.29. The molecule has 1 aromatic rings. The van der Waals surface area contributed by atoms with Crippen LogP contribution in [0.4, 0.5) is 4.39 Å². The van der Waals surface area contributed by atoms with E-state index in [1.165, 1.54) is 18.6 Å². The van der Waals surface area contributed by atoms with E-state index in [9.17, 15) is 9.18 Å². The van der Waals surface area contributed by atoms with Gasteiger partial charge in [-0.25, -0.2) is 4.39 Å². The molecule has 2 unspecified atom stereocenters. The van der Waals surface area contributed by atoms with Crippen LogP contribution < -0.4 is 10.6 Å². The molecule has 1 amide bonds. The Labute approximate surface area is 113 Å². The molecule has 1 aliphatic heterocycles. The van der Waals surface area contributed by atoms with Crippen LogP contribution >= 0.6 is 0 Å². The molecule has 104 valence electrons. The first-order chi connectivity index (χ1) is 9.15. The lowest BCUT2D eigenvalue weighted by Crippen LogP contribution is -2.42. The van der Waals surface area contributed by atoms with Gasteiger partial charge in [-0.15, -0.1) is 0 Å². The average molecular weight is 264 g/mol. The molecule has 0 spiro atoms. The number of halogens is 1. The molecule has 1 fully saturated rings.